The first-order chi connectivity index (χ1) is 15.4. The molecule has 0 saturated heterocycles. The lowest BCUT2D eigenvalue weighted by molar-refractivity contribution is -0.136. The van der Waals surface area contributed by atoms with Crippen LogP contribution in [0, 0.1) is 29.1 Å². The van der Waals surface area contributed by atoms with Crippen molar-refractivity contribution in [2.75, 3.05) is 0 Å². The van der Waals surface area contributed by atoms with Crippen LogP contribution in [0.2, 0.25) is 0 Å². The third-order valence-electron chi connectivity index (χ3n) is 9.22. The number of aliphatic hydroxyl groups is 2. The summed E-state index contributed by atoms with van der Waals surface area (Å²) < 4.78 is 0. The van der Waals surface area contributed by atoms with E-state index in [1.807, 2.05) is 0 Å². The summed E-state index contributed by atoms with van der Waals surface area (Å²) in [6.07, 6.45) is 18.4. The van der Waals surface area contributed by atoms with Crippen LogP contribution in [0.5, 0.6) is 0 Å². The van der Waals surface area contributed by atoms with Crippen LogP contribution in [0.25, 0.3) is 0 Å². The van der Waals surface area contributed by atoms with Gasteiger partial charge in [-0.05, 0) is 80.5 Å². The second-order valence-corrected chi connectivity index (χ2v) is 11.3. The van der Waals surface area contributed by atoms with E-state index in [9.17, 15) is 15.0 Å². The van der Waals surface area contributed by atoms with Gasteiger partial charge in [-0.3, -0.25) is 4.79 Å². The van der Waals surface area contributed by atoms with Crippen molar-refractivity contribution >= 4 is 5.97 Å². The van der Waals surface area contributed by atoms with Crippen LogP contribution >= 0.6 is 0 Å². The number of unbranched alkanes of at least 4 members (excludes halogenated alkanes) is 3. The van der Waals surface area contributed by atoms with E-state index in [1.54, 1.807) is 0 Å². The molecule has 0 aromatic carbocycles. The average Bonchev–Trinajstić information content (AvgIpc) is 2.78. The second-order valence-electron chi connectivity index (χ2n) is 11.3. The molecule has 3 saturated carbocycles. The van der Waals surface area contributed by atoms with Crippen LogP contribution in [0.1, 0.15) is 117 Å². The van der Waals surface area contributed by atoms with Gasteiger partial charge in [-0.2, -0.15) is 0 Å². The molecular weight excluding hydrogens is 400 g/mol. The summed E-state index contributed by atoms with van der Waals surface area (Å²) in [5.41, 5.74) is 1.58. The molecule has 0 bridgehead atoms. The highest BCUT2D eigenvalue weighted by Gasteiger charge is 2.59. The van der Waals surface area contributed by atoms with Crippen molar-refractivity contribution in [1.29, 1.82) is 0 Å². The van der Waals surface area contributed by atoms with Crippen LogP contribution in [-0.4, -0.2) is 33.5 Å². The predicted octanol–water partition coefficient (Wildman–Crippen LogP) is 6.49. The first-order valence-corrected chi connectivity index (χ1v) is 13.7. The van der Waals surface area contributed by atoms with E-state index >= 15 is 0 Å². The standard InChI is InChI=1S/C28H48O4/c1-3-4-5-9-13-21-23(14-10-15-26(31)32)28(2)19-18-25(30)22(27(21)28)16-17-24(29)20-11-7-6-8-12-20/h14,20-22,24-25,27,29-30H,3-13,15-19H2,1-2H3,(H,31,32)/t21?,22-,24?,25+,27+,28+/m1/s1. The van der Waals surface area contributed by atoms with Gasteiger partial charge in [0.1, 0.15) is 0 Å². The van der Waals surface area contributed by atoms with Gasteiger partial charge in [0.2, 0.25) is 0 Å². The number of carboxylic acids is 1. The molecule has 0 amide bonds. The molecular formula is C28H48O4. The third-order valence-corrected chi connectivity index (χ3v) is 9.22. The third kappa shape index (κ3) is 5.97. The fraction of sp³-hybridized carbons (Fsp3) is 0.893. The van der Waals surface area contributed by atoms with Crippen LogP contribution in [0.15, 0.2) is 11.6 Å². The molecule has 3 aliphatic rings. The molecule has 0 aromatic rings. The first kappa shape index (κ1) is 25.7. The van der Waals surface area contributed by atoms with Crippen molar-refractivity contribution in [3.8, 4) is 0 Å². The van der Waals surface area contributed by atoms with Gasteiger partial charge in [-0.1, -0.05) is 70.4 Å². The highest BCUT2D eigenvalue weighted by atomic mass is 16.4. The van der Waals surface area contributed by atoms with E-state index in [0.717, 1.165) is 44.9 Å². The van der Waals surface area contributed by atoms with Crippen LogP contribution in [0.3, 0.4) is 0 Å². The van der Waals surface area contributed by atoms with Gasteiger partial charge in [0.15, 0.2) is 0 Å². The monoisotopic (exact) mass is 448 g/mol. The maximum Gasteiger partial charge on any atom is 0.303 e. The number of rotatable bonds is 12. The van der Waals surface area contributed by atoms with E-state index in [2.05, 4.69) is 19.9 Å². The molecule has 0 radical (unpaired) electrons. The SMILES string of the molecule is CCCCCCC1C(=CCCC(=O)O)[C@]2(C)CC[C@H](O)[C@@H](CCC(O)C3CCCCC3)[C@H]12. The van der Waals surface area contributed by atoms with E-state index in [-0.39, 0.29) is 30.0 Å². The molecule has 0 aliphatic heterocycles. The number of carbonyl (C=O) groups is 1. The van der Waals surface area contributed by atoms with E-state index in [0.29, 0.717) is 24.2 Å². The molecule has 3 aliphatic carbocycles. The Kier molecular flexibility index (Phi) is 9.67. The summed E-state index contributed by atoms with van der Waals surface area (Å²) in [5, 5.41) is 31.0. The Morgan fingerprint density at radius 2 is 1.88 bits per heavy atom. The molecule has 0 heterocycles. The van der Waals surface area contributed by atoms with Gasteiger partial charge in [-0.15, -0.1) is 0 Å². The molecule has 0 aromatic heterocycles. The predicted molar refractivity (Wildman–Crippen MR) is 129 cm³/mol. The molecule has 2 unspecified atom stereocenters. The lowest BCUT2D eigenvalue weighted by Crippen LogP contribution is -2.58. The second kappa shape index (κ2) is 12.0. The highest BCUT2D eigenvalue weighted by Crippen LogP contribution is 2.66. The molecule has 3 rings (SSSR count). The molecule has 32 heavy (non-hydrogen) atoms. The van der Waals surface area contributed by atoms with Crippen LogP contribution in [0.4, 0.5) is 0 Å². The molecule has 4 heteroatoms. The summed E-state index contributed by atoms with van der Waals surface area (Å²) >= 11 is 0. The van der Waals surface area contributed by atoms with Crippen LogP contribution < -0.4 is 0 Å². The lowest BCUT2D eigenvalue weighted by atomic mass is 9.41. The highest BCUT2D eigenvalue weighted by molar-refractivity contribution is 5.66. The minimum Gasteiger partial charge on any atom is -0.481 e. The van der Waals surface area contributed by atoms with Gasteiger partial charge in [0.05, 0.1) is 12.2 Å². The number of fused-ring (bicyclic) bond motifs is 1. The van der Waals surface area contributed by atoms with Crippen molar-refractivity contribution in [3.63, 3.8) is 0 Å². The maximum atomic E-state index is 11.1. The smallest absolute Gasteiger partial charge is 0.303 e. The number of hydrogen-bond acceptors (Lipinski definition) is 3. The Bertz CT molecular complexity index is 623. The van der Waals surface area contributed by atoms with Crippen molar-refractivity contribution in [1.82, 2.24) is 0 Å². The Hall–Kier alpha value is -0.870. The zero-order valence-electron chi connectivity index (χ0n) is 20.6. The first-order valence-electron chi connectivity index (χ1n) is 13.7. The van der Waals surface area contributed by atoms with Crippen molar-refractivity contribution in [2.45, 2.75) is 129 Å². The van der Waals surface area contributed by atoms with E-state index in [4.69, 9.17) is 5.11 Å². The number of aliphatic carboxylic acids is 1. The number of carboxylic acid groups (broad SMARTS) is 1. The number of aliphatic hydroxyl groups excluding tert-OH is 2. The largest absolute Gasteiger partial charge is 0.481 e. The van der Waals surface area contributed by atoms with E-state index in [1.165, 1.54) is 50.5 Å². The summed E-state index contributed by atoms with van der Waals surface area (Å²) in [5.74, 6) is 0.948. The van der Waals surface area contributed by atoms with Crippen molar-refractivity contribution < 1.29 is 20.1 Å². The summed E-state index contributed by atoms with van der Waals surface area (Å²) in [6.45, 7) is 4.60. The van der Waals surface area contributed by atoms with Gasteiger partial charge in [-0.25, -0.2) is 0 Å². The van der Waals surface area contributed by atoms with Gasteiger partial charge in [0.25, 0.3) is 0 Å². The summed E-state index contributed by atoms with van der Waals surface area (Å²) in [6, 6.07) is 0. The quantitative estimate of drug-likeness (QED) is 0.235. The van der Waals surface area contributed by atoms with Crippen LogP contribution in [-0.2, 0) is 4.79 Å². The minimum atomic E-state index is -0.726. The lowest BCUT2D eigenvalue weighted by Gasteiger charge is -2.63. The number of hydrogen-bond donors (Lipinski definition) is 3. The Labute approximate surface area is 195 Å². The molecule has 3 N–H and O–H groups in total. The van der Waals surface area contributed by atoms with Gasteiger partial charge >= 0.3 is 5.97 Å². The van der Waals surface area contributed by atoms with E-state index < -0.39 is 5.97 Å². The topological polar surface area (TPSA) is 77.8 Å². The molecule has 0 spiro atoms. The summed E-state index contributed by atoms with van der Waals surface area (Å²) in [7, 11) is 0. The maximum absolute atomic E-state index is 11.1. The Balaban J connectivity index is 1.69. The van der Waals surface area contributed by atoms with Crippen molar-refractivity contribution in [3.05, 3.63) is 11.6 Å². The molecule has 6 atom stereocenters. The zero-order chi connectivity index (χ0) is 23.1. The Morgan fingerprint density at radius 3 is 2.56 bits per heavy atom. The zero-order valence-corrected chi connectivity index (χ0v) is 20.6. The minimum absolute atomic E-state index is 0.105. The van der Waals surface area contributed by atoms with Crippen molar-refractivity contribution in [2.24, 2.45) is 29.1 Å². The van der Waals surface area contributed by atoms with Gasteiger partial charge < -0.3 is 15.3 Å². The van der Waals surface area contributed by atoms with Gasteiger partial charge in [0, 0.05) is 6.42 Å². The Morgan fingerprint density at radius 1 is 1.12 bits per heavy atom. The molecule has 4 nitrogen and oxygen atoms in total. The normalized spacial score (nSPS) is 35.3. The fourth-order valence-corrected chi connectivity index (χ4v) is 7.49. The molecule has 184 valence electrons. The average molecular weight is 449 g/mol. The molecule has 3 fully saturated rings. The fourth-order valence-electron chi connectivity index (χ4n) is 7.49. The number of allylic oxidation sites excluding steroid dienone is 2. The summed E-state index contributed by atoms with van der Waals surface area (Å²) in [4.78, 5) is 11.1.